The Hall–Kier alpha value is -1.03. The normalized spacial score (nSPS) is 9.40. The van der Waals surface area contributed by atoms with Crippen LogP contribution in [0, 0.1) is 0 Å². The Bertz CT molecular complexity index is 240. The van der Waals surface area contributed by atoms with Crippen molar-refractivity contribution in [2.24, 2.45) is 0 Å². The number of nitrogens with zero attached hydrogens (tertiary/aromatic N) is 2. The molecule has 0 aliphatic rings. The lowest BCUT2D eigenvalue weighted by molar-refractivity contribution is 0.392. The summed E-state index contributed by atoms with van der Waals surface area (Å²) in [6, 6.07) is 1.48. The van der Waals surface area contributed by atoms with E-state index in [1.807, 2.05) is 0 Å². The van der Waals surface area contributed by atoms with Crippen molar-refractivity contribution in [1.82, 2.24) is 10.2 Å². The number of anilines is 1. The molecule has 0 aromatic carbocycles. The highest BCUT2D eigenvalue weighted by atomic mass is 35.5. The Balaban J connectivity index is 3.07. The maximum atomic E-state index is 5.62. The highest BCUT2D eigenvalue weighted by Gasteiger charge is 2.01. The van der Waals surface area contributed by atoms with Gasteiger partial charge in [-0.15, -0.1) is 10.2 Å². The van der Waals surface area contributed by atoms with Gasteiger partial charge >= 0.3 is 0 Å². The van der Waals surface area contributed by atoms with Crippen molar-refractivity contribution in [3.8, 4) is 5.88 Å². The number of halogens is 1. The SMILES string of the molecule is COc1nnc(N)cc1Cl. The van der Waals surface area contributed by atoms with E-state index in [1.165, 1.54) is 13.2 Å². The van der Waals surface area contributed by atoms with Crippen LogP contribution < -0.4 is 10.5 Å². The minimum Gasteiger partial charge on any atom is -0.479 e. The molecule has 0 saturated carbocycles. The van der Waals surface area contributed by atoms with Crippen LogP contribution in [-0.2, 0) is 0 Å². The van der Waals surface area contributed by atoms with Crippen LogP contribution in [0.15, 0.2) is 6.07 Å². The largest absolute Gasteiger partial charge is 0.479 e. The summed E-state index contributed by atoms with van der Waals surface area (Å²) in [4.78, 5) is 0. The summed E-state index contributed by atoms with van der Waals surface area (Å²) in [5.74, 6) is 0.571. The lowest BCUT2D eigenvalue weighted by atomic mass is 10.5. The Labute approximate surface area is 63.0 Å². The zero-order chi connectivity index (χ0) is 7.56. The zero-order valence-electron chi connectivity index (χ0n) is 5.34. The van der Waals surface area contributed by atoms with Gasteiger partial charge in [-0.3, -0.25) is 0 Å². The Morgan fingerprint density at radius 3 is 2.80 bits per heavy atom. The van der Waals surface area contributed by atoms with E-state index in [-0.39, 0.29) is 11.7 Å². The first-order valence-electron chi connectivity index (χ1n) is 2.56. The molecule has 1 rings (SSSR count). The fraction of sp³-hybridized carbons (Fsp3) is 0.200. The van der Waals surface area contributed by atoms with Crippen LogP contribution in [0.25, 0.3) is 0 Å². The molecule has 4 nitrogen and oxygen atoms in total. The van der Waals surface area contributed by atoms with Gasteiger partial charge in [-0.05, 0) is 0 Å². The zero-order valence-corrected chi connectivity index (χ0v) is 6.09. The van der Waals surface area contributed by atoms with E-state index < -0.39 is 0 Å². The van der Waals surface area contributed by atoms with Crippen LogP contribution in [0.1, 0.15) is 0 Å². The van der Waals surface area contributed by atoms with Gasteiger partial charge in [-0.1, -0.05) is 11.6 Å². The average molecular weight is 160 g/mol. The molecule has 0 saturated heterocycles. The average Bonchev–Trinajstić information content (AvgIpc) is 1.88. The van der Waals surface area contributed by atoms with E-state index in [0.717, 1.165) is 0 Å². The van der Waals surface area contributed by atoms with Crippen LogP contribution in [0.5, 0.6) is 5.88 Å². The maximum Gasteiger partial charge on any atom is 0.252 e. The first kappa shape index (κ1) is 7.08. The maximum absolute atomic E-state index is 5.62. The highest BCUT2D eigenvalue weighted by Crippen LogP contribution is 2.20. The molecule has 0 fully saturated rings. The van der Waals surface area contributed by atoms with Gasteiger partial charge in [0.1, 0.15) is 10.8 Å². The molecular formula is C5H6ClN3O. The van der Waals surface area contributed by atoms with E-state index in [4.69, 9.17) is 22.1 Å². The highest BCUT2D eigenvalue weighted by molar-refractivity contribution is 6.32. The second-order valence-electron chi connectivity index (χ2n) is 1.63. The van der Waals surface area contributed by atoms with Crippen LogP contribution in [-0.4, -0.2) is 17.3 Å². The molecule has 54 valence electrons. The smallest absolute Gasteiger partial charge is 0.252 e. The van der Waals surface area contributed by atoms with Gasteiger partial charge in [0, 0.05) is 6.07 Å². The van der Waals surface area contributed by atoms with Crippen LogP contribution in [0.3, 0.4) is 0 Å². The lowest BCUT2D eigenvalue weighted by Gasteiger charge is -1.98. The molecule has 1 aromatic heterocycles. The number of hydrogen-bond acceptors (Lipinski definition) is 4. The van der Waals surface area contributed by atoms with Gasteiger partial charge in [0.2, 0.25) is 0 Å². The standard InChI is InChI=1S/C5H6ClN3O/c1-10-5-3(6)2-4(7)8-9-5/h2H,1H3,(H2,7,8). The molecule has 2 N–H and O–H groups in total. The van der Waals surface area contributed by atoms with Crippen molar-refractivity contribution in [3.05, 3.63) is 11.1 Å². The molecule has 1 aromatic rings. The fourth-order valence-electron chi connectivity index (χ4n) is 0.510. The van der Waals surface area contributed by atoms with Crippen LogP contribution >= 0.6 is 11.6 Å². The number of hydrogen-bond donors (Lipinski definition) is 1. The molecule has 0 aliphatic carbocycles. The number of ether oxygens (including phenoxy) is 1. The number of rotatable bonds is 1. The third-order valence-electron chi connectivity index (χ3n) is 0.929. The van der Waals surface area contributed by atoms with Crippen molar-refractivity contribution >= 4 is 17.4 Å². The molecule has 0 aliphatic heterocycles. The van der Waals surface area contributed by atoms with Gasteiger partial charge in [0.05, 0.1) is 7.11 Å². The fourth-order valence-corrected chi connectivity index (χ4v) is 0.736. The number of nitrogen functional groups attached to an aromatic ring is 1. The Morgan fingerprint density at radius 1 is 1.60 bits per heavy atom. The Kier molecular flexibility index (Phi) is 1.91. The van der Waals surface area contributed by atoms with E-state index in [9.17, 15) is 0 Å². The summed E-state index contributed by atoms with van der Waals surface area (Å²) in [6.45, 7) is 0. The topological polar surface area (TPSA) is 61.0 Å². The molecular weight excluding hydrogens is 154 g/mol. The molecule has 0 amide bonds. The van der Waals surface area contributed by atoms with Crippen LogP contribution in [0.2, 0.25) is 5.02 Å². The predicted octanol–water partition coefficient (Wildman–Crippen LogP) is 0.721. The van der Waals surface area contributed by atoms with Crippen molar-refractivity contribution in [2.45, 2.75) is 0 Å². The first-order valence-corrected chi connectivity index (χ1v) is 2.94. The first-order chi connectivity index (χ1) is 4.74. The summed E-state index contributed by atoms with van der Waals surface area (Å²) in [7, 11) is 1.46. The minimum atomic E-state index is 0.283. The van der Waals surface area contributed by atoms with Gasteiger partial charge < -0.3 is 10.5 Å². The summed E-state index contributed by atoms with van der Waals surface area (Å²) in [6.07, 6.45) is 0. The lowest BCUT2D eigenvalue weighted by Crippen LogP contribution is -1.95. The van der Waals surface area contributed by atoms with E-state index in [0.29, 0.717) is 5.02 Å². The minimum absolute atomic E-state index is 0.283. The van der Waals surface area contributed by atoms with Crippen molar-refractivity contribution in [3.63, 3.8) is 0 Å². The quantitative estimate of drug-likeness (QED) is 0.656. The van der Waals surface area contributed by atoms with Gasteiger partial charge in [-0.25, -0.2) is 0 Å². The van der Waals surface area contributed by atoms with Gasteiger partial charge in [0.25, 0.3) is 5.88 Å². The second kappa shape index (κ2) is 2.70. The molecule has 5 heteroatoms. The molecule has 1 heterocycles. The second-order valence-corrected chi connectivity index (χ2v) is 2.03. The molecule has 0 bridgehead atoms. The molecule has 0 atom stereocenters. The van der Waals surface area contributed by atoms with Gasteiger partial charge in [0.15, 0.2) is 0 Å². The van der Waals surface area contributed by atoms with Gasteiger partial charge in [-0.2, -0.15) is 0 Å². The van der Waals surface area contributed by atoms with E-state index >= 15 is 0 Å². The van der Waals surface area contributed by atoms with Crippen LogP contribution in [0.4, 0.5) is 5.82 Å². The van der Waals surface area contributed by atoms with E-state index in [2.05, 4.69) is 10.2 Å². The molecule has 0 unspecified atom stereocenters. The third kappa shape index (κ3) is 1.27. The third-order valence-corrected chi connectivity index (χ3v) is 1.20. The molecule has 0 radical (unpaired) electrons. The summed E-state index contributed by atoms with van der Waals surface area (Å²) < 4.78 is 4.74. The van der Waals surface area contributed by atoms with Crippen molar-refractivity contribution in [1.29, 1.82) is 0 Å². The summed E-state index contributed by atoms with van der Waals surface area (Å²) >= 11 is 5.62. The number of aromatic nitrogens is 2. The number of methoxy groups -OCH3 is 1. The number of nitrogens with two attached hydrogens (primary N) is 1. The Morgan fingerprint density at radius 2 is 2.30 bits per heavy atom. The molecule has 0 spiro atoms. The summed E-state index contributed by atoms with van der Waals surface area (Å²) in [5, 5.41) is 7.47. The summed E-state index contributed by atoms with van der Waals surface area (Å²) in [5.41, 5.74) is 5.27. The predicted molar refractivity (Wildman–Crippen MR) is 38.0 cm³/mol. The van der Waals surface area contributed by atoms with Crippen molar-refractivity contribution in [2.75, 3.05) is 12.8 Å². The van der Waals surface area contributed by atoms with Crippen molar-refractivity contribution < 1.29 is 4.74 Å². The monoisotopic (exact) mass is 159 g/mol. The van der Waals surface area contributed by atoms with E-state index in [1.54, 1.807) is 0 Å². The molecule has 10 heavy (non-hydrogen) atoms.